The molecule has 6 heteroatoms. The number of carbonyl (C=O) groups is 1. The highest BCUT2D eigenvalue weighted by Gasteiger charge is 2.29. The Morgan fingerprint density at radius 2 is 1.86 bits per heavy atom. The van der Waals surface area contributed by atoms with Crippen molar-refractivity contribution < 1.29 is 13.2 Å². The molecule has 1 aliphatic carbocycles. The maximum absolute atomic E-state index is 12.0. The molecule has 2 rings (SSSR count). The number of carbonyl (C=O) groups excluding carboxylic acids is 1. The van der Waals surface area contributed by atoms with Crippen LogP contribution in [0, 0.1) is 6.92 Å². The summed E-state index contributed by atoms with van der Waals surface area (Å²) in [6.07, 6.45) is 4.11. The molecule has 1 aromatic carbocycles. The van der Waals surface area contributed by atoms with Crippen molar-refractivity contribution in [2.45, 2.75) is 43.9 Å². The molecule has 0 radical (unpaired) electrons. The molecular weight excluding hydrogens is 288 g/mol. The van der Waals surface area contributed by atoms with E-state index in [0.717, 1.165) is 24.1 Å². The van der Waals surface area contributed by atoms with Crippen LogP contribution in [0.4, 0.5) is 10.5 Å². The third kappa shape index (κ3) is 4.74. The van der Waals surface area contributed by atoms with E-state index >= 15 is 0 Å². The van der Waals surface area contributed by atoms with Crippen LogP contribution in [0.5, 0.6) is 0 Å². The van der Waals surface area contributed by atoms with Gasteiger partial charge in [-0.2, -0.15) is 0 Å². The Morgan fingerprint density at radius 1 is 1.19 bits per heavy atom. The molecule has 2 atom stereocenters. The highest BCUT2D eigenvalue weighted by atomic mass is 32.2. The van der Waals surface area contributed by atoms with Gasteiger partial charge in [0.1, 0.15) is 9.84 Å². The maximum Gasteiger partial charge on any atom is 0.319 e. The quantitative estimate of drug-likeness (QED) is 0.900. The van der Waals surface area contributed by atoms with E-state index in [1.54, 1.807) is 0 Å². The van der Waals surface area contributed by atoms with Crippen LogP contribution in [0.25, 0.3) is 0 Å². The predicted molar refractivity (Wildman–Crippen MR) is 84.2 cm³/mol. The van der Waals surface area contributed by atoms with Crippen molar-refractivity contribution in [1.29, 1.82) is 0 Å². The first-order valence-corrected chi connectivity index (χ1v) is 9.13. The summed E-state index contributed by atoms with van der Waals surface area (Å²) >= 11 is 0. The Kier molecular flexibility index (Phi) is 4.88. The maximum atomic E-state index is 12.0. The van der Waals surface area contributed by atoms with Crippen molar-refractivity contribution in [3.05, 3.63) is 29.8 Å². The first kappa shape index (κ1) is 15.8. The molecule has 1 aliphatic rings. The average Bonchev–Trinajstić information content (AvgIpc) is 2.41. The van der Waals surface area contributed by atoms with Gasteiger partial charge in [-0.05, 0) is 38.3 Å². The van der Waals surface area contributed by atoms with Gasteiger partial charge in [0.15, 0.2) is 0 Å². The molecule has 0 unspecified atom stereocenters. The lowest BCUT2D eigenvalue weighted by Crippen LogP contribution is -2.43. The summed E-state index contributed by atoms with van der Waals surface area (Å²) in [7, 11) is -3.03. The third-order valence-corrected chi connectivity index (χ3v) is 5.52. The molecule has 1 saturated carbocycles. The molecule has 21 heavy (non-hydrogen) atoms. The lowest BCUT2D eigenvalue weighted by atomic mass is 9.95. The van der Waals surface area contributed by atoms with Gasteiger partial charge < -0.3 is 10.6 Å². The van der Waals surface area contributed by atoms with E-state index in [2.05, 4.69) is 10.6 Å². The second-order valence-corrected chi connectivity index (χ2v) is 8.11. The fourth-order valence-corrected chi connectivity index (χ4v) is 3.83. The Bertz CT molecular complexity index is 596. The third-order valence-electron chi connectivity index (χ3n) is 3.88. The van der Waals surface area contributed by atoms with Gasteiger partial charge in [0, 0.05) is 18.0 Å². The lowest BCUT2D eigenvalue weighted by Gasteiger charge is -2.28. The van der Waals surface area contributed by atoms with Crippen LogP contribution in [0.15, 0.2) is 24.3 Å². The van der Waals surface area contributed by atoms with E-state index in [9.17, 15) is 13.2 Å². The molecule has 0 saturated heterocycles. The molecule has 0 heterocycles. The molecule has 0 spiro atoms. The zero-order valence-electron chi connectivity index (χ0n) is 12.4. The summed E-state index contributed by atoms with van der Waals surface area (Å²) in [5, 5.41) is 5.30. The second-order valence-electron chi connectivity index (χ2n) is 5.78. The second kappa shape index (κ2) is 6.47. The van der Waals surface area contributed by atoms with Crippen molar-refractivity contribution in [3.63, 3.8) is 0 Å². The molecule has 0 aromatic heterocycles. The lowest BCUT2D eigenvalue weighted by molar-refractivity contribution is 0.244. The van der Waals surface area contributed by atoms with Crippen LogP contribution in [0.3, 0.4) is 0 Å². The number of anilines is 1. The number of rotatable bonds is 3. The zero-order chi connectivity index (χ0) is 15.5. The average molecular weight is 310 g/mol. The van der Waals surface area contributed by atoms with Gasteiger partial charge in [-0.15, -0.1) is 0 Å². The summed E-state index contributed by atoms with van der Waals surface area (Å²) in [6.45, 7) is 1.98. The number of benzene rings is 1. The van der Waals surface area contributed by atoms with E-state index in [1.807, 2.05) is 31.2 Å². The van der Waals surface area contributed by atoms with Gasteiger partial charge >= 0.3 is 6.03 Å². The molecule has 2 amide bonds. The van der Waals surface area contributed by atoms with Crippen molar-refractivity contribution in [1.82, 2.24) is 5.32 Å². The minimum atomic E-state index is -3.03. The smallest absolute Gasteiger partial charge is 0.319 e. The first-order valence-electron chi connectivity index (χ1n) is 7.17. The van der Waals surface area contributed by atoms with Gasteiger partial charge in [-0.1, -0.05) is 24.1 Å². The van der Waals surface area contributed by atoms with Crippen LogP contribution in [-0.2, 0) is 9.84 Å². The summed E-state index contributed by atoms with van der Waals surface area (Å²) in [4.78, 5) is 12.0. The monoisotopic (exact) mass is 310 g/mol. The van der Waals surface area contributed by atoms with E-state index in [1.165, 1.54) is 6.26 Å². The highest BCUT2D eigenvalue weighted by molar-refractivity contribution is 7.91. The Morgan fingerprint density at radius 3 is 2.48 bits per heavy atom. The number of nitrogens with one attached hydrogen (secondary N) is 2. The van der Waals surface area contributed by atoms with Gasteiger partial charge in [0.25, 0.3) is 0 Å². The largest absolute Gasteiger partial charge is 0.335 e. The Hall–Kier alpha value is -1.56. The molecule has 1 fully saturated rings. The van der Waals surface area contributed by atoms with Crippen molar-refractivity contribution in [3.8, 4) is 0 Å². The number of sulfone groups is 1. The summed E-state index contributed by atoms with van der Waals surface area (Å²) in [5.41, 5.74) is 1.86. The first-order chi connectivity index (χ1) is 9.84. The minimum absolute atomic E-state index is 0.0797. The summed E-state index contributed by atoms with van der Waals surface area (Å²) in [6, 6.07) is 7.18. The van der Waals surface area contributed by atoms with Crippen LogP contribution < -0.4 is 10.6 Å². The molecular formula is C15H22N2O3S. The number of hydrogen-bond donors (Lipinski definition) is 2. The van der Waals surface area contributed by atoms with Crippen LogP contribution in [0.1, 0.15) is 31.2 Å². The SMILES string of the molecule is Cc1ccc(NC(=O)N[C@H]2CCC[C@@H](S(C)(=O)=O)C2)cc1. The standard InChI is InChI=1S/C15H22N2O3S/c1-11-6-8-12(9-7-11)16-15(18)17-13-4-3-5-14(10-13)21(2,19)20/h6-9,13-14H,3-5,10H2,1-2H3,(H2,16,17,18)/t13-,14+/m0/s1. The van der Waals surface area contributed by atoms with Gasteiger partial charge in [-0.25, -0.2) is 13.2 Å². The van der Waals surface area contributed by atoms with Crippen molar-refractivity contribution in [2.24, 2.45) is 0 Å². The molecule has 2 N–H and O–H groups in total. The van der Waals surface area contributed by atoms with Crippen molar-refractivity contribution >= 4 is 21.6 Å². The summed E-state index contributed by atoms with van der Waals surface area (Å²) < 4.78 is 23.2. The van der Waals surface area contributed by atoms with Gasteiger partial charge in [-0.3, -0.25) is 0 Å². The molecule has 5 nitrogen and oxygen atoms in total. The number of aryl methyl sites for hydroxylation is 1. The van der Waals surface area contributed by atoms with E-state index in [0.29, 0.717) is 12.8 Å². The van der Waals surface area contributed by atoms with Crippen LogP contribution in [0.2, 0.25) is 0 Å². The predicted octanol–water partition coefficient (Wildman–Crippen LogP) is 2.47. The van der Waals surface area contributed by atoms with Crippen molar-refractivity contribution in [2.75, 3.05) is 11.6 Å². The van der Waals surface area contributed by atoms with Gasteiger partial charge in [0.05, 0.1) is 5.25 Å². The molecule has 0 bridgehead atoms. The van der Waals surface area contributed by atoms with E-state index in [4.69, 9.17) is 0 Å². The molecule has 116 valence electrons. The number of urea groups is 1. The topological polar surface area (TPSA) is 75.3 Å². The zero-order valence-corrected chi connectivity index (χ0v) is 13.2. The molecule has 1 aromatic rings. The van der Waals surface area contributed by atoms with Crippen LogP contribution in [-0.4, -0.2) is 32.0 Å². The fourth-order valence-electron chi connectivity index (χ4n) is 2.65. The number of hydrogen-bond acceptors (Lipinski definition) is 3. The minimum Gasteiger partial charge on any atom is -0.335 e. The fraction of sp³-hybridized carbons (Fsp3) is 0.533. The van der Waals surface area contributed by atoms with E-state index < -0.39 is 9.84 Å². The number of amides is 2. The van der Waals surface area contributed by atoms with Crippen LogP contribution >= 0.6 is 0 Å². The Balaban J connectivity index is 1.89. The molecule has 0 aliphatic heterocycles. The highest BCUT2D eigenvalue weighted by Crippen LogP contribution is 2.24. The van der Waals surface area contributed by atoms with E-state index in [-0.39, 0.29) is 17.3 Å². The summed E-state index contributed by atoms with van der Waals surface area (Å²) in [5.74, 6) is 0. The van der Waals surface area contributed by atoms with Gasteiger partial charge in [0.2, 0.25) is 0 Å². The Labute approximate surface area is 126 Å². The normalized spacial score (nSPS) is 22.6.